The molecule has 1 atom stereocenters. The van der Waals surface area contributed by atoms with Gasteiger partial charge in [-0.3, -0.25) is 14.5 Å². The predicted molar refractivity (Wildman–Crippen MR) is 116 cm³/mol. The highest BCUT2D eigenvalue weighted by Gasteiger charge is 2.37. The summed E-state index contributed by atoms with van der Waals surface area (Å²) in [4.78, 5) is 26.3. The quantitative estimate of drug-likeness (QED) is 0.405. The van der Waals surface area contributed by atoms with E-state index in [4.69, 9.17) is 18.9 Å². The number of carbonyl (C=O) groups excluding carboxylic acids is 2. The van der Waals surface area contributed by atoms with Gasteiger partial charge in [0, 0.05) is 38.8 Å². The van der Waals surface area contributed by atoms with E-state index in [1.54, 1.807) is 0 Å². The predicted octanol–water partition coefficient (Wildman–Crippen LogP) is -1.38. The number of morpholine rings is 1. The van der Waals surface area contributed by atoms with E-state index in [9.17, 15) is 18.0 Å². The molecule has 2 aliphatic rings. The highest BCUT2D eigenvalue weighted by molar-refractivity contribution is 7.89. The molecule has 2 amide bonds. The Morgan fingerprint density at radius 3 is 2.42 bits per heavy atom. The second-order valence-electron chi connectivity index (χ2n) is 7.38. The molecular formula is C20H30N4O8S. The van der Waals surface area contributed by atoms with Crippen LogP contribution in [0, 0.1) is 0 Å². The van der Waals surface area contributed by atoms with Gasteiger partial charge in [0.05, 0.1) is 45.5 Å². The summed E-state index contributed by atoms with van der Waals surface area (Å²) in [5.41, 5.74) is 0. The molecule has 2 N–H and O–H groups in total. The summed E-state index contributed by atoms with van der Waals surface area (Å²) in [6.45, 7) is 3.93. The standard InChI is InChI=1S/C20H30N4O8S/c1-29-16-4-3-15(13-17(16)30-2)33(27,28)24-9-12-32-18(24)14-22-20(26)19(25)21-5-6-23-7-10-31-11-8-23/h3-4,13,18H,5-12,14H2,1-2H3,(H,21,25)(H,22,26)/t18-/m0/s1. The van der Waals surface area contributed by atoms with Crippen LogP contribution in [0.3, 0.4) is 0 Å². The number of methoxy groups -OCH3 is 2. The van der Waals surface area contributed by atoms with Crippen LogP contribution in [0.15, 0.2) is 23.1 Å². The average Bonchev–Trinajstić information content (AvgIpc) is 3.32. The molecule has 2 saturated heterocycles. The van der Waals surface area contributed by atoms with Gasteiger partial charge in [-0.1, -0.05) is 0 Å². The van der Waals surface area contributed by atoms with Crippen molar-refractivity contribution in [1.82, 2.24) is 19.8 Å². The van der Waals surface area contributed by atoms with Gasteiger partial charge in [0.15, 0.2) is 11.5 Å². The maximum absolute atomic E-state index is 13.1. The summed E-state index contributed by atoms with van der Waals surface area (Å²) < 4.78 is 48.5. The number of ether oxygens (including phenoxy) is 4. The number of hydrogen-bond donors (Lipinski definition) is 2. The van der Waals surface area contributed by atoms with Crippen molar-refractivity contribution in [1.29, 1.82) is 0 Å². The van der Waals surface area contributed by atoms with Crippen molar-refractivity contribution in [2.45, 2.75) is 11.1 Å². The molecule has 184 valence electrons. The van der Waals surface area contributed by atoms with Crippen molar-refractivity contribution < 1.29 is 37.0 Å². The summed E-state index contributed by atoms with van der Waals surface area (Å²) in [5, 5.41) is 5.01. The molecule has 12 nitrogen and oxygen atoms in total. The molecule has 33 heavy (non-hydrogen) atoms. The molecule has 0 saturated carbocycles. The summed E-state index contributed by atoms with van der Waals surface area (Å²) in [7, 11) is -1.06. The SMILES string of the molecule is COc1ccc(S(=O)(=O)N2CCO[C@H]2CNC(=O)C(=O)NCCN2CCOCC2)cc1OC. The van der Waals surface area contributed by atoms with Crippen LogP contribution in [0.2, 0.25) is 0 Å². The van der Waals surface area contributed by atoms with E-state index in [0.717, 1.165) is 17.4 Å². The van der Waals surface area contributed by atoms with Crippen molar-refractivity contribution in [2.24, 2.45) is 0 Å². The van der Waals surface area contributed by atoms with Gasteiger partial charge in [-0.25, -0.2) is 8.42 Å². The van der Waals surface area contributed by atoms with E-state index >= 15 is 0 Å². The van der Waals surface area contributed by atoms with E-state index in [1.165, 1.54) is 32.4 Å². The van der Waals surface area contributed by atoms with Crippen LogP contribution in [-0.2, 0) is 29.1 Å². The molecule has 2 aliphatic heterocycles. The maximum Gasteiger partial charge on any atom is 0.309 e. The van der Waals surface area contributed by atoms with Gasteiger partial charge in [-0.15, -0.1) is 0 Å². The van der Waals surface area contributed by atoms with Crippen LogP contribution in [-0.4, -0.2) is 109 Å². The summed E-state index contributed by atoms with van der Waals surface area (Å²) in [6, 6.07) is 4.28. The van der Waals surface area contributed by atoms with E-state index in [0.29, 0.717) is 32.1 Å². The molecule has 0 spiro atoms. The molecule has 0 unspecified atom stereocenters. The van der Waals surface area contributed by atoms with E-state index in [-0.39, 0.29) is 30.3 Å². The average molecular weight is 487 g/mol. The normalized spacial score (nSPS) is 19.8. The fourth-order valence-electron chi connectivity index (χ4n) is 3.55. The van der Waals surface area contributed by atoms with Crippen molar-refractivity contribution in [3.63, 3.8) is 0 Å². The second kappa shape index (κ2) is 11.6. The minimum atomic E-state index is -3.94. The Balaban J connectivity index is 1.53. The first kappa shape index (κ1) is 25.2. The van der Waals surface area contributed by atoms with Crippen molar-refractivity contribution >= 4 is 21.8 Å². The fraction of sp³-hybridized carbons (Fsp3) is 0.600. The van der Waals surface area contributed by atoms with Crippen LogP contribution in [0.25, 0.3) is 0 Å². The highest BCUT2D eigenvalue weighted by Crippen LogP contribution is 2.31. The number of amides is 2. The molecule has 0 aliphatic carbocycles. The monoisotopic (exact) mass is 486 g/mol. The molecular weight excluding hydrogens is 456 g/mol. The first-order valence-electron chi connectivity index (χ1n) is 10.6. The number of benzene rings is 1. The Kier molecular flexibility index (Phi) is 8.86. The maximum atomic E-state index is 13.1. The highest BCUT2D eigenvalue weighted by atomic mass is 32.2. The van der Waals surface area contributed by atoms with Gasteiger partial charge >= 0.3 is 11.8 Å². The molecule has 13 heteroatoms. The summed E-state index contributed by atoms with van der Waals surface area (Å²) in [6.07, 6.45) is -0.937. The van der Waals surface area contributed by atoms with Crippen LogP contribution in [0.5, 0.6) is 11.5 Å². The van der Waals surface area contributed by atoms with Crippen LogP contribution in [0.4, 0.5) is 0 Å². The van der Waals surface area contributed by atoms with Gasteiger partial charge in [-0.2, -0.15) is 4.31 Å². The molecule has 1 aromatic carbocycles. The lowest BCUT2D eigenvalue weighted by Crippen LogP contribution is -2.48. The Morgan fingerprint density at radius 2 is 1.73 bits per heavy atom. The van der Waals surface area contributed by atoms with Gasteiger partial charge in [0.25, 0.3) is 0 Å². The number of carbonyl (C=O) groups is 2. The largest absolute Gasteiger partial charge is 0.493 e. The Labute approximate surface area is 193 Å². The molecule has 1 aromatic rings. The third-order valence-corrected chi connectivity index (χ3v) is 7.25. The zero-order valence-electron chi connectivity index (χ0n) is 18.7. The lowest BCUT2D eigenvalue weighted by atomic mass is 10.3. The van der Waals surface area contributed by atoms with E-state index < -0.39 is 28.1 Å². The Bertz CT molecular complexity index is 936. The van der Waals surface area contributed by atoms with Crippen molar-refractivity contribution in [3.05, 3.63) is 18.2 Å². The summed E-state index contributed by atoms with van der Waals surface area (Å²) >= 11 is 0. The Morgan fingerprint density at radius 1 is 1.03 bits per heavy atom. The lowest BCUT2D eigenvalue weighted by molar-refractivity contribution is -0.139. The van der Waals surface area contributed by atoms with Crippen molar-refractivity contribution in [3.8, 4) is 11.5 Å². The molecule has 0 radical (unpaired) electrons. The molecule has 2 fully saturated rings. The number of hydrogen-bond acceptors (Lipinski definition) is 9. The fourth-order valence-corrected chi connectivity index (χ4v) is 5.07. The zero-order chi connectivity index (χ0) is 23.8. The second-order valence-corrected chi connectivity index (χ2v) is 9.27. The smallest absolute Gasteiger partial charge is 0.309 e. The topological polar surface area (TPSA) is 136 Å². The molecule has 2 heterocycles. The zero-order valence-corrected chi connectivity index (χ0v) is 19.6. The van der Waals surface area contributed by atoms with Gasteiger partial charge in [0.1, 0.15) is 6.23 Å². The van der Waals surface area contributed by atoms with Crippen LogP contribution in [0.1, 0.15) is 0 Å². The number of sulfonamides is 1. The van der Waals surface area contributed by atoms with Gasteiger partial charge in [0.2, 0.25) is 10.0 Å². The number of rotatable bonds is 9. The number of nitrogens with zero attached hydrogens (tertiary/aromatic N) is 2. The minimum absolute atomic E-state index is 0.00262. The molecule has 3 rings (SSSR count). The van der Waals surface area contributed by atoms with Gasteiger partial charge < -0.3 is 29.6 Å². The third kappa shape index (κ3) is 6.32. The van der Waals surface area contributed by atoms with Crippen LogP contribution >= 0.6 is 0 Å². The van der Waals surface area contributed by atoms with Crippen LogP contribution < -0.4 is 20.1 Å². The first-order valence-corrected chi connectivity index (χ1v) is 12.0. The molecule has 0 bridgehead atoms. The number of nitrogens with one attached hydrogen (secondary N) is 2. The molecule has 0 aromatic heterocycles. The Hall–Kier alpha value is -2.45. The van der Waals surface area contributed by atoms with E-state index in [1.807, 2.05) is 0 Å². The van der Waals surface area contributed by atoms with E-state index in [2.05, 4.69) is 15.5 Å². The lowest BCUT2D eigenvalue weighted by Gasteiger charge is -2.26. The first-order chi connectivity index (χ1) is 15.9. The van der Waals surface area contributed by atoms with Crippen molar-refractivity contribution in [2.75, 3.05) is 73.3 Å². The van der Waals surface area contributed by atoms with Gasteiger partial charge in [-0.05, 0) is 12.1 Å². The third-order valence-electron chi connectivity index (χ3n) is 5.37. The summed E-state index contributed by atoms with van der Waals surface area (Å²) in [5.74, 6) is -0.957. The minimum Gasteiger partial charge on any atom is -0.493 e.